The van der Waals surface area contributed by atoms with Gasteiger partial charge in [0.15, 0.2) is 0 Å². The first-order chi connectivity index (χ1) is 9.88. The standard InChI is InChI=1S/C12H8N2O6S/c15-9-2-1-6(12(17)18)3-8(9)13-11(16)7-4-10(14(19)20)21-5-7/h1-5,15H,(H,13,16)(H,17,18). The van der Waals surface area contributed by atoms with Gasteiger partial charge in [0.1, 0.15) is 5.75 Å². The molecule has 0 aliphatic carbocycles. The number of nitrogens with zero attached hydrogens (tertiary/aromatic N) is 1. The van der Waals surface area contributed by atoms with Crippen LogP contribution in [0.15, 0.2) is 29.6 Å². The molecule has 0 fully saturated rings. The van der Waals surface area contributed by atoms with Gasteiger partial charge < -0.3 is 15.5 Å². The van der Waals surface area contributed by atoms with Crippen molar-refractivity contribution in [3.63, 3.8) is 0 Å². The Labute approximate surface area is 121 Å². The average molecular weight is 308 g/mol. The fourth-order valence-electron chi connectivity index (χ4n) is 1.50. The summed E-state index contributed by atoms with van der Waals surface area (Å²) in [5.41, 5.74) is -0.153. The average Bonchev–Trinajstić information content (AvgIpc) is 2.90. The van der Waals surface area contributed by atoms with Crippen LogP contribution in [0.3, 0.4) is 0 Å². The van der Waals surface area contributed by atoms with Gasteiger partial charge in [0, 0.05) is 11.4 Å². The fraction of sp³-hybridized carbons (Fsp3) is 0. The molecule has 0 aliphatic rings. The van der Waals surface area contributed by atoms with Crippen molar-refractivity contribution < 1.29 is 24.7 Å². The first-order valence-electron chi connectivity index (χ1n) is 5.49. The topological polar surface area (TPSA) is 130 Å². The Morgan fingerprint density at radius 3 is 2.52 bits per heavy atom. The van der Waals surface area contributed by atoms with E-state index in [1.165, 1.54) is 11.4 Å². The molecule has 0 saturated heterocycles. The second-order valence-electron chi connectivity index (χ2n) is 3.92. The molecule has 9 heteroatoms. The molecular weight excluding hydrogens is 300 g/mol. The first kappa shape index (κ1) is 14.5. The SMILES string of the molecule is O=C(O)c1ccc(O)c(NC(=O)c2csc([N+](=O)[O-])c2)c1. The largest absolute Gasteiger partial charge is 0.506 e. The lowest BCUT2D eigenvalue weighted by Gasteiger charge is -2.07. The van der Waals surface area contributed by atoms with E-state index in [9.17, 15) is 24.8 Å². The van der Waals surface area contributed by atoms with Crippen LogP contribution in [0, 0.1) is 10.1 Å². The van der Waals surface area contributed by atoms with E-state index in [2.05, 4.69) is 5.32 Å². The Morgan fingerprint density at radius 2 is 1.95 bits per heavy atom. The molecule has 0 spiro atoms. The highest BCUT2D eigenvalue weighted by molar-refractivity contribution is 7.13. The number of hydrogen-bond donors (Lipinski definition) is 3. The third kappa shape index (κ3) is 3.15. The zero-order chi connectivity index (χ0) is 15.6. The van der Waals surface area contributed by atoms with Gasteiger partial charge in [-0.3, -0.25) is 14.9 Å². The molecule has 2 rings (SSSR count). The molecule has 108 valence electrons. The van der Waals surface area contributed by atoms with E-state index in [1.54, 1.807) is 0 Å². The molecule has 3 N–H and O–H groups in total. The fourth-order valence-corrected chi connectivity index (χ4v) is 2.21. The summed E-state index contributed by atoms with van der Waals surface area (Å²) in [6, 6.07) is 4.51. The van der Waals surface area contributed by atoms with Crippen LogP contribution in [0.2, 0.25) is 0 Å². The quantitative estimate of drug-likeness (QED) is 0.451. The summed E-state index contributed by atoms with van der Waals surface area (Å²) in [4.78, 5) is 32.7. The number of anilines is 1. The molecule has 21 heavy (non-hydrogen) atoms. The number of carbonyl (C=O) groups is 2. The maximum absolute atomic E-state index is 11.9. The second kappa shape index (κ2) is 5.59. The molecule has 0 unspecified atom stereocenters. The maximum atomic E-state index is 11.9. The van der Waals surface area contributed by atoms with Crippen molar-refractivity contribution in [2.45, 2.75) is 0 Å². The third-order valence-electron chi connectivity index (χ3n) is 2.52. The number of thiophene rings is 1. The molecule has 1 heterocycles. The van der Waals surface area contributed by atoms with Crippen molar-refractivity contribution in [2.75, 3.05) is 5.32 Å². The summed E-state index contributed by atoms with van der Waals surface area (Å²) in [6.45, 7) is 0. The van der Waals surface area contributed by atoms with Crippen LogP contribution in [0.1, 0.15) is 20.7 Å². The lowest BCUT2D eigenvalue weighted by atomic mass is 10.2. The summed E-state index contributed by atoms with van der Waals surface area (Å²) in [6.07, 6.45) is 0. The number of carboxylic acid groups (broad SMARTS) is 1. The lowest BCUT2D eigenvalue weighted by Crippen LogP contribution is -2.11. The molecule has 0 aliphatic heterocycles. The minimum atomic E-state index is -1.21. The number of carbonyl (C=O) groups excluding carboxylic acids is 1. The number of aromatic hydroxyl groups is 1. The van der Waals surface area contributed by atoms with Gasteiger partial charge in [-0.2, -0.15) is 0 Å². The predicted octanol–water partition coefficient (Wildman–Crippen LogP) is 2.31. The van der Waals surface area contributed by atoms with Gasteiger partial charge in [-0.25, -0.2) is 4.79 Å². The number of carboxylic acids is 1. The Morgan fingerprint density at radius 1 is 1.24 bits per heavy atom. The predicted molar refractivity (Wildman–Crippen MR) is 74.0 cm³/mol. The van der Waals surface area contributed by atoms with Crippen molar-refractivity contribution in [1.29, 1.82) is 0 Å². The molecule has 1 amide bonds. The molecule has 0 bridgehead atoms. The third-order valence-corrected chi connectivity index (χ3v) is 3.40. The Bertz CT molecular complexity index is 739. The van der Waals surface area contributed by atoms with E-state index in [4.69, 9.17) is 5.11 Å². The number of nitrogens with one attached hydrogen (secondary N) is 1. The zero-order valence-corrected chi connectivity index (χ0v) is 11.1. The van der Waals surface area contributed by atoms with Crippen molar-refractivity contribution >= 4 is 33.9 Å². The minimum Gasteiger partial charge on any atom is -0.506 e. The van der Waals surface area contributed by atoms with Crippen LogP contribution in [0.5, 0.6) is 5.75 Å². The highest BCUT2D eigenvalue weighted by Crippen LogP contribution is 2.27. The minimum absolute atomic E-state index is 0.0480. The van der Waals surface area contributed by atoms with Gasteiger partial charge in [-0.05, 0) is 18.2 Å². The van der Waals surface area contributed by atoms with E-state index >= 15 is 0 Å². The number of hydrogen-bond acceptors (Lipinski definition) is 6. The number of aromatic carboxylic acids is 1. The number of phenols is 1. The van der Waals surface area contributed by atoms with Crippen LogP contribution in [0.25, 0.3) is 0 Å². The van der Waals surface area contributed by atoms with Crippen LogP contribution < -0.4 is 5.32 Å². The number of nitro groups is 1. The van der Waals surface area contributed by atoms with E-state index in [-0.39, 0.29) is 27.6 Å². The van der Waals surface area contributed by atoms with Gasteiger partial charge in [0.25, 0.3) is 5.91 Å². The molecule has 8 nitrogen and oxygen atoms in total. The van der Waals surface area contributed by atoms with Gasteiger partial charge in [-0.15, -0.1) is 0 Å². The summed E-state index contributed by atoms with van der Waals surface area (Å²) in [7, 11) is 0. The molecule has 0 radical (unpaired) electrons. The highest BCUT2D eigenvalue weighted by atomic mass is 32.1. The van der Waals surface area contributed by atoms with Crippen molar-refractivity contribution in [3.8, 4) is 5.75 Å². The van der Waals surface area contributed by atoms with Crippen molar-refractivity contribution in [2.24, 2.45) is 0 Å². The van der Waals surface area contributed by atoms with Gasteiger partial charge >= 0.3 is 11.0 Å². The Hall–Kier alpha value is -2.94. The Balaban J connectivity index is 2.24. The van der Waals surface area contributed by atoms with Crippen LogP contribution in [-0.4, -0.2) is 27.0 Å². The monoisotopic (exact) mass is 308 g/mol. The molecule has 1 aromatic heterocycles. The van der Waals surface area contributed by atoms with Gasteiger partial charge in [0.2, 0.25) is 0 Å². The molecule has 0 saturated carbocycles. The van der Waals surface area contributed by atoms with E-state index in [0.717, 1.165) is 29.5 Å². The van der Waals surface area contributed by atoms with Crippen LogP contribution in [-0.2, 0) is 0 Å². The summed E-state index contributed by atoms with van der Waals surface area (Å²) in [5, 5.41) is 32.4. The first-order valence-corrected chi connectivity index (χ1v) is 6.37. The molecule has 2 aromatic rings. The summed E-state index contributed by atoms with van der Waals surface area (Å²) >= 11 is 0.792. The van der Waals surface area contributed by atoms with Gasteiger partial charge in [-0.1, -0.05) is 11.3 Å². The molecule has 1 aromatic carbocycles. The number of benzene rings is 1. The molecular formula is C12H8N2O6S. The van der Waals surface area contributed by atoms with E-state index in [0.29, 0.717) is 0 Å². The van der Waals surface area contributed by atoms with E-state index < -0.39 is 16.8 Å². The van der Waals surface area contributed by atoms with Crippen LogP contribution in [0.4, 0.5) is 10.7 Å². The smallest absolute Gasteiger partial charge is 0.335 e. The summed E-state index contributed by atoms with van der Waals surface area (Å²) in [5.74, 6) is -2.20. The van der Waals surface area contributed by atoms with E-state index in [1.807, 2.05) is 0 Å². The van der Waals surface area contributed by atoms with Crippen molar-refractivity contribution in [1.82, 2.24) is 0 Å². The number of amides is 1. The van der Waals surface area contributed by atoms with Crippen LogP contribution >= 0.6 is 11.3 Å². The maximum Gasteiger partial charge on any atom is 0.335 e. The number of rotatable bonds is 4. The summed E-state index contributed by atoms with van der Waals surface area (Å²) < 4.78 is 0. The zero-order valence-electron chi connectivity index (χ0n) is 10.3. The number of phenolic OH excluding ortho intramolecular Hbond substituents is 1. The molecule has 0 atom stereocenters. The van der Waals surface area contributed by atoms with Crippen molar-refractivity contribution in [3.05, 3.63) is 50.9 Å². The highest BCUT2D eigenvalue weighted by Gasteiger charge is 2.17. The van der Waals surface area contributed by atoms with Gasteiger partial charge in [0.05, 0.1) is 21.7 Å². The second-order valence-corrected chi connectivity index (χ2v) is 4.81. The Kier molecular flexibility index (Phi) is 3.85. The lowest BCUT2D eigenvalue weighted by molar-refractivity contribution is -0.380. The normalized spacial score (nSPS) is 10.1.